The molecule has 1 fully saturated rings. The van der Waals surface area contributed by atoms with E-state index in [1.54, 1.807) is 19.1 Å². The average Bonchev–Trinajstić information content (AvgIpc) is 3.01. The Bertz CT molecular complexity index is 911. The minimum atomic E-state index is -3.08. The minimum Gasteiger partial charge on any atom is -0.307 e. The lowest BCUT2D eigenvalue weighted by atomic mass is 10.2. The number of amides is 1. The van der Waals surface area contributed by atoms with Crippen molar-refractivity contribution in [2.75, 3.05) is 16.8 Å². The lowest BCUT2D eigenvalue weighted by molar-refractivity contribution is 0.102. The van der Waals surface area contributed by atoms with Gasteiger partial charge in [0.1, 0.15) is 11.6 Å². The van der Waals surface area contributed by atoms with Gasteiger partial charge >= 0.3 is 0 Å². The summed E-state index contributed by atoms with van der Waals surface area (Å²) in [7, 11) is -3.08. The van der Waals surface area contributed by atoms with Crippen molar-refractivity contribution in [1.29, 1.82) is 0 Å². The molecular weight excluding hydrogens is 401 g/mol. The highest BCUT2D eigenvalue weighted by molar-refractivity contribution is 9.10. The van der Waals surface area contributed by atoms with Crippen molar-refractivity contribution in [3.05, 3.63) is 45.8 Å². The van der Waals surface area contributed by atoms with E-state index < -0.39 is 21.6 Å². The van der Waals surface area contributed by atoms with Gasteiger partial charge in [0.25, 0.3) is 5.91 Å². The maximum atomic E-state index is 13.9. The number of aryl methyl sites for hydroxylation is 1. The van der Waals surface area contributed by atoms with Crippen LogP contribution in [-0.4, -0.2) is 35.6 Å². The van der Waals surface area contributed by atoms with Crippen LogP contribution in [0.1, 0.15) is 28.5 Å². The van der Waals surface area contributed by atoms with Crippen LogP contribution in [0.25, 0.3) is 0 Å². The molecule has 0 radical (unpaired) electrons. The van der Waals surface area contributed by atoms with Crippen LogP contribution in [0.4, 0.5) is 10.2 Å². The molecule has 3 rings (SSSR count). The molecule has 1 unspecified atom stereocenters. The first-order chi connectivity index (χ1) is 11.2. The number of rotatable bonds is 3. The predicted molar refractivity (Wildman–Crippen MR) is 91.3 cm³/mol. The molecule has 2 aromatic rings. The number of hydrogen-bond donors (Lipinski definition) is 1. The third-order valence-corrected chi connectivity index (χ3v) is 6.07. The molecule has 24 heavy (non-hydrogen) atoms. The Kier molecular flexibility index (Phi) is 4.48. The number of sulfone groups is 1. The molecular formula is C15H15BrFN3O3S. The second-order valence-electron chi connectivity index (χ2n) is 5.75. The van der Waals surface area contributed by atoms with Crippen molar-refractivity contribution in [2.24, 2.45) is 0 Å². The first-order valence-corrected chi connectivity index (χ1v) is 9.89. The van der Waals surface area contributed by atoms with Crippen LogP contribution in [0.15, 0.2) is 28.7 Å². The summed E-state index contributed by atoms with van der Waals surface area (Å²) in [6.45, 7) is 1.75. The van der Waals surface area contributed by atoms with Gasteiger partial charge in [0.15, 0.2) is 9.84 Å². The van der Waals surface area contributed by atoms with Gasteiger partial charge in [0.2, 0.25) is 0 Å². The number of aromatic nitrogens is 2. The largest absolute Gasteiger partial charge is 0.307 e. The van der Waals surface area contributed by atoms with Gasteiger partial charge < -0.3 is 5.32 Å². The zero-order valence-electron chi connectivity index (χ0n) is 12.8. The van der Waals surface area contributed by atoms with E-state index >= 15 is 0 Å². The standard InChI is InChI=1S/C15H15BrFN3O3S/c1-9-6-14(20(19-9)11-4-5-24(22,23)8-11)18-15(21)12-3-2-10(16)7-13(12)17/h2-3,6-7,11H,4-5,8H2,1H3,(H,18,21). The van der Waals surface area contributed by atoms with Crippen LogP contribution in [-0.2, 0) is 9.84 Å². The summed E-state index contributed by atoms with van der Waals surface area (Å²) in [6, 6.07) is 5.47. The smallest absolute Gasteiger partial charge is 0.259 e. The highest BCUT2D eigenvalue weighted by atomic mass is 79.9. The number of nitrogens with zero attached hydrogens (tertiary/aromatic N) is 2. The van der Waals surface area contributed by atoms with E-state index in [1.165, 1.54) is 16.8 Å². The van der Waals surface area contributed by atoms with Gasteiger partial charge in [-0.05, 0) is 31.5 Å². The Balaban J connectivity index is 1.87. The highest BCUT2D eigenvalue weighted by Gasteiger charge is 2.31. The molecule has 1 aromatic carbocycles. The molecule has 0 aliphatic carbocycles. The molecule has 0 spiro atoms. The van der Waals surface area contributed by atoms with Crippen molar-refractivity contribution >= 4 is 37.5 Å². The average molecular weight is 416 g/mol. The number of nitrogens with one attached hydrogen (secondary N) is 1. The Morgan fingerprint density at radius 1 is 1.42 bits per heavy atom. The van der Waals surface area contributed by atoms with Gasteiger partial charge in [-0.1, -0.05) is 15.9 Å². The topological polar surface area (TPSA) is 81.1 Å². The summed E-state index contributed by atoms with van der Waals surface area (Å²) in [5, 5.41) is 6.90. The lowest BCUT2D eigenvalue weighted by Gasteiger charge is -2.14. The Labute approximate surface area is 147 Å². The van der Waals surface area contributed by atoms with Crippen LogP contribution in [0.2, 0.25) is 0 Å². The molecule has 0 bridgehead atoms. The van der Waals surface area contributed by atoms with Crippen molar-refractivity contribution < 1.29 is 17.6 Å². The molecule has 1 amide bonds. The summed E-state index contributed by atoms with van der Waals surface area (Å²) in [4.78, 5) is 12.3. The van der Waals surface area contributed by atoms with Crippen molar-refractivity contribution in [2.45, 2.75) is 19.4 Å². The molecule has 6 nitrogen and oxygen atoms in total. The Hall–Kier alpha value is -1.74. The molecule has 1 atom stereocenters. The minimum absolute atomic E-state index is 0.0103. The first-order valence-electron chi connectivity index (χ1n) is 7.28. The van der Waals surface area contributed by atoms with Gasteiger partial charge in [-0.25, -0.2) is 17.5 Å². The summed E-state index contributed by atoms with van der Waals surface area (Å²) in [5.74, 6) is -0.799. The number of hydrogen-bond acceptors (Lipinski definition) is 4. The number of benzene rings is 1. The SMILES string of the molecule is Cc1cc(NC(=O)c2ccc(Br)cc2F)n(C2CCS(=O)(=O)C2)n1. The van der Waals surface area contributed by atoms with Crippen LogP contribution in [0, 0.1) is 12.7 Å². The van der Waals surface area contributed by atoms with Gasteiger partial charge in [-0.15, -0.1) is 0 Å². The summed E-state index contributed by atoms with van der Waals surface area (Å²) < 4.78 is 39.3. The van der Waals surface area contributed by atoms with E-state index in [1.807, 2.05) is 0 Å². The van der Waals surface area contributed by atoms with E-state index in [0.29, 0.717) is 22.4 Å². The van der Waals surface area contributed by atoms with E-state index in [-0.39, 0.29) is 23.1 Å². The van der Waals surface area contributed by atoms with Crippen molar-refractivity contribution in [3.8, 4) is 0 Å². The third kappa shape index (κ3) is 3.51. The summed E-state index contributed by atoms with van der Waals surface area (Å²) in [6.07, 6.45) is 0.443. The monoisotopic (exact) mass is 415 g/mol. The quantitative estimate of drug-likeness (QED) is 0.835. The molecule has 1 aliphatic heterocycles. The summed E-state index contributed by atoms with van der Waals surface area (Å²) in [5.41, 5.74) is 0.550. The zero-order valence-corrected chi connectivity index (χ0v) is 15.2. The van der Waals surface area contributed by atoms with E-state index in [2.05, 4.69) is 26.3 Å². The van der Waals surface area contributed by atoms with E-state index in [4.69, 9.17) is 0 Å². The summed E-state index contributed by atoms with van der Waals surface area (Å²) >= 11 is 3.14. The van der Waals surface area contributed by atoms with Crippen LogP contribution in [0.3, 0.4) is 0 Å². The van der Waals surface area contributed by atoms with E-state index in [0.717, 1.165) is 0 Å². The van der Waals surface area contributed by atoms with Crippen molar-refractivity contribution in [3.63, 3.8) is 0 Å². The van der Waals surface area contributed by atoms with Gasteiger partial charge in [-0.3, -0.25) is 4.79 Å². The molecule has 1 aliphatic rings. The van der Waals surface area contributed by atoms with Gasteiger partial charge in [-0.2, -0.15) is 5.10 Å². The molecule has 1 aromatic heterocycles. The fourth-order valence-corrected chi connectivity index (χ4v) is 4.74. The third-order valence-electron chi connectivity index (χ3n) is 3.83. The fourth-order valence-electron chi connectivity index (χ4n) is 2.71. The van der Waals surface area contributed by atoms with Gasteiger partial charge in [0, 0.05) is 10.5 Å². The Morgan fingerprint density at radius 2 is 2.17 bits per heavy atom. The molecule has 9 heteroatoms. The Morgan fingerprint density at radius 3 is 2.79 bits per heavy atom. The van der Waals surface area contributed by atoms with E-state index in [9.17, 15) is 17.6 Å². The number of halogens is 2. The normalized spacial score (nSPS) is 19.4. The number of carbonyl (C=O) groups is 1. The maximum absolute atomic E-state index is 13.9. The second kappa shape index (κ2) is 6.29. The highest BCUT2D eigenvalue weighted by Crippen LogP contribution is 2.27. The lowest BCUT2D eigenvalue weighted by Crippen LogP contribution is -2.20. The van der Waals surface area contributed by atoms with Crippen LogP contribution < -0.4 is 5.32 Å². The molecule has 1 N–H and O–H groups in total. The predicted octanol–water partition coefficient (Wildman–Crippen LogP) is 2.71. The van der Waals surface area contributed by atoms with Crippen LogP contribution in [0.5, 0.6) is 0 Å². The van der Waals surface area contributed by atoms with Crippen molar-refractivity contribution in [1.82, 2.24) is 9.78 Å². The van der Waals surface area contributed by atoms with Crippen LogP contribution >= 0.6 is 15.9 Å². The maximum Gasteiger partial charge on any atom is 0.259 e. The molecule has 0 saturated carbocycles. The number of carbonyl (C=O) groups excluding carboxylic acids is 1. The second-order valence-corrected chi connectivity index (χ2v) is 8.90. The zero-order chi connectivity index (χ0) is 17.5. The first kappa shape index (κ1) is 17.1. The number of anilines is 1. The fraction of sp³-hybridized carbons (Fsp3) is 0.333. The molecule has 1 saturated heterocycles. The van der Waals surface area contributed by atoms with Gasteiger partial charge in [0.05, 0.1) is 28.8 Å². The molecule has 2 heterocycles. The molecule has 128 valence electrons.